The SMILES string of the molecule is CN(CC(=O)Nc1ccccc1C#N)C(C)(C)CO. The number of benzene rings is 1. The molecule has 5 heteroatoms. The number of carbonyl (C=O) groups excluding carboxylic acids is 1. The molecule has 1 aromatic carbocycles. The van der Waals surface area contributed by atoms with Gasteiger partial charge in [0.25, 0.3) is 0 Å². The number of nitrogens with zero attached hydrogens (tertiary/aromatic N) is 2. The average molecular weight is 261 g/mol. The van der Waals surface area contributed by atoms with Crippen LogP contribution in [0.4, 0.5) is 5.69 Å². The summed E-state index contributed by atoms with van der Waals surface area (Å²) in [6.45, 7) is 3.81. The molecule has 0 heterocycles. The first-order valence-electron chi connectivity index (χ1n) is 6.02. The molecule has 0 unspecified atom stereocenters. The van der Waals surface area contributed by atoms with Crippen molar-refractivity contribution in [3.63, 3.8) is 0 Å². The maximum atomic E-state index is 11.9. The van der Waals surface area contributed by atoms with E-state index in [1.807, 2.05) is 19.9 Å². The zero-order valence-electron chi connectivity index (χ0n) is 11.5. The highest BCUT2D eigenvalue weighted by molar-refractivity contribution is 5.93. The van der Waals surface area contributed by atoms with E-state index in [-0.39, 0.29) is 19.1 Å². The molecular weight excluding hydrogens is 242 g/mol. The summed E-state index contributed by atoms with van der Waals surface area (Å²) in [6, 6.07) is 8.87. The van der Waals surface area contributed by atoms with E-state index in [0.29, 0.717) is 11.3 Å². The molecule has 0 bridgehead atoms. The smallest absolute Gasteiger partial charge is 0.238 e. The molecule has 2 N–H and O–H groups in total. The van der Waals surface area contributed by atoms with E-state index in [1.165, 1.54) is 0 Å². The molecule has 0 radical (unpaired) electrons. The number of hydrogen-bond acceptors (Lipinski definition) is 4. The molecule has 0 aliphatic rings. The van der Waals surface area contributed by atoms with Crippen molar-refractivity contribution in [2.75, 3.05) is 25.5 Å². The van der Waals surface area contributed by atoms with Gasteiger partial charge in [0.05, 0.1) is 24.4 Å². The largest absolute Gasteiger partial charge is 0.394 e. The van der Waals surface area contributed by atoms with Crippen LogP contribution in [0, 0.1) is 11.3 Å². The Hall–Kier alpha value is -1.90. The second-order valence-corrected chi connectivity index (χ2v) is 5.03. The number of amides is 1. The number of nitrogens with one attached hydrogen (secondary N) is 1. The van der Waals surface area contributed by atoms with Crippen LogP contribution in [0.15, 0.2) is 24.3 Å². The van der Waals surface area contributed by atoms with Crippen molar-refractivity contribution >= 4 is 11.6 Å². The van der Waals surface area contributed by atoms with Gasteiger partial charge >= 0.3 is 0 Å². The van der Waals surface area contributed by atoms with Crippen LogP contribution in [-0.2, 0) is 4.79 Å². The van der Waals surface area contributed by atoms with Gasteiger partial charge in [0.1, 0.15) is 6.07 Å². The van der Waals surface area contributed by atoms with Gasteiger partial charge in [-0.3, -0.25) is 9.69 Å². The summed E-state index contributed by atoms with van der Waals surface area (Å²) in [5.74, 6) is -0.216. The van der Waals surface area contributed by atoms with Crippen LogP contribution in [0.25, 0.3) is 0 Å². The predicted octanol–water partition coefficient (Wildman–Crippen LogP) is 1.20. The summed E-state index contributed by atoms with van der Waals surface area (Å²) >= 11 is 0. The van der Waals surface area contributed by atoms with Crippen molar-refractivity contribution in [2.45, 2.75) is 19.4 Å². The van der Waals surface area contributed by atoms with E-state index >= 15 is 0 Å². The fourth-order valence-corrected chi connectivity index (χ4v) is 1.43. The van der Waals surface area contributed by atoms with Crippen molar-refractivity contribution in [1.29, 1.82) is 5.26 Å². The fraction of sp³-hybridized carbons (Fsp3) is 0.429. The molecule has 102 valence electrons. The van der Waals surface area contributed by atoms with Crippen molar-refractivity contribution < 1.29 is 9.90 Å². The maximum Gasteiger partial charge on any atom is 0.238 e. The van der Waals surface area contributed by atoms with Gasteiger partial charge in [0, 0.05) is 5.54 Å². The third kappa shape index (κ3) is 4.05. The molecule has 0 saturated heterocycles. The highest BCUT2D eigenvalue weighted by Crippen LogP contribution is 2.14. The molecule has 5 nitrogen and oxygen atoms in total. The molecule has 1 amide bonds. The van der Waals surface area contributed by atoms with Crippen LogP contribution in [0.5, 0.6) is 0 Å². The number of rotatable bonds is 5. The molecule has 0 aliphatic heterocycles. The molecular formula is C14H19N3O2. The van der Waals surface area contributed by atoms with Crippen LogP contribution in [0.3, 0.4) is 0 Å². The molecule has 0 saturated carbocycles. The summed E-state index contributed by atoms with van der Waals surface area (Å²) < 4.78 is 0. The summed E-state index contributed by atoms with van der Waals surface area (Å²) in [4.78, 5) is 13.7. The Morgan fingerprint density at radius 2 is 2.11 bits per heavy atom. The number of anilines is 1. The van der Waals surface area contributed by atoms with E-state index in [0.717, 1.165) is 0 Å². The van der Waals surface area contributed by atoms with Crippen LogP contribution in [-0.4, -0.2) is 41.7 Å². The summed E-state index contributed by atoms with van der Waals surface area (Å²) in [6.07, 6.45) is 0. The number of aliphatic hydroxyl groups is 1. The Morgan fingerprint density at radius 3 is 2.68 bits per heavy atom. The monoisotopic (exact) mass is 261 g/mol. The van der Waals surface area contributed by atoms with Gasteiger partial charge in [-0.15, -0.1) is 0 Å². The lowest BCUT2D eigenvalue weighted by Crippen LogP contribution is -2.47. The molecule has 0 fully saturated rings. The van der Waals surface area contributed by atoms with Gasteiger partial charge < -0.3 is 10.4 Å². The number of aliphatic hydroxyl groups excluding tert-OH is 1. The van der Waals surface area contributed by atoms with Crippen LogP contribution in [0.1, 0.15) is 19.4 Å². The van der Waals surface area contributed by atoms with Crippen molar-refractivity contribution in [3.05, 3.63) is 29.8 Å². The number of likely N-dealkylation sites (N-methyl/N-ethyl adjacent to an activating group) is 1. The minimum atomic E-state index is -0.466. The van der Waals surface area contributed by atoms with Gasteiger partial charge in [-0.1, -0.05) is 12.1 Å². The second-order valence-electron chi connectivity index (χ2n) is 5.03. The van der Waals surface area contributed by atoms with Crippen molar-refractivity contribution in [1.82, 2.24) is 4.90 Å². The first-order valence-corrected chi connectivity index (χ1v) is 6.02. The first-order chi connectivity index (χ1) is 8.90. The van der Waals surface area contributed by atoms with Gasteiger partial charge in [0.15, 0.2) is 0 Å². The highest BCUT2D eigenvalue weighted by atomic mass is 16.3. The van der Waals surface area contributed by atoms with Crippen molar-refractivity contribution in [3.8, 4) is 6.07 Å². The number of hydrogen-bond donors (Lipinski definition) is 2. The lowest BCUT2D eigenvalue weighted by Gasteiger charge is -2.33. The minimum absolute atomic E-state index is 0.0361. The molecule has 0 aromatic heterocycles. The van der Waals surface area contributed by atoms with E-state index in [1.54, 1.807) is 36.2 Å². The molecule has 0 atom stereocenters. The number of nitriles is 1. The zero-order valence-corrected chi connectivity index (χ0v) is 11.5. The van der Waals surface area contributed by atoms with Gasteiger partial charge in [0.2, 0.25) is 5.91 Å². The van der Waals surface area contributed by atoms with Crippen LogP contribution < -0.4 is 5.32 Å². The van der Waals surface area contributed by atoms with Gasteiger partial charge in [-0.05, 0) is 33.0 Å². The lowest BCUT2D eigenvalue weighted by molar-refractivity contribution is -0.118. The quantitative estimate of drug-likeness (QED) is 0.835. The Balaban J connectivity index is 2.69. The Morgan fingerprint density at radius 1 is 1.47 bits per heavy atom. The second kappa shape index (κ2) is 6.32. The Bertz CT molecular complexity index is 492. The summed E-state index contributed by atoms with van der Waals surface area (Å²) in [5, 5.41) is 20.9. The third-order valence-corrected chi connectivity index (χ3v) is 3.12. The lowest BCUT2D eigenvalue weighted by atomic mass is 10.1. The van der Waals surface area contributed by atoms with Gasteiger partial charge in [-0.25, -0.2) is 0 Å². The highest BCUT2D eigenvalue weighted by Gasteiger charge is 2.24. The fourth-order valence-electron chi connectivity index (χ4n) is 1.43. The zero-order chi connectivity index (χ0) is 14.5. The van der Waals surface area contributed by atoms with E-state index < -0.39 is 5.54 Å². The summed E-state index contributed by atoms with van der Waals surface area (Å²) in [7, 11) is 1.77. The first kappa shape index (κ1) is 15.2. The average Bonchev–Trinajstić information content (AvgIpc) is 2.39. The number of carbonyl (C=O) groups is 1. The van der Waals surface area contributed by atoms with Crippen LogP contribution >= 0.6 is 0 Å². The molecule has 0 spiro atoms. The molecule has 19 heavy (non-hydrogen) atoms. The van der Waals surface area contributed by atoms with E-state index in [4.69, 9.17) is 5.26 Å². The standard InChI is InChI=1S/C14H19N3O2/c1-14(2,10-18)17(3)9-13(19)16-12-7-5-4-6-11(12)8-15/h4-7,18H,9-10H2,1-3H3,(H,16,19). The van der Waals surface area contributed by atoms with E-state index in [9.17, 15) is 9.90 Å². The van der Waals surface area contributed by atoms with Crippen LogP contribution in [0.2, 0.25) is 0 Å². The molecule has 0 aliphatic carbocycles. The Kier molecular flexibility index (Phi) is 5.04. The minimum Gasteiger partial charge on any atom is -0.394 e. The van der Waals surface area contributed by atoms with E-state index in [2.05, 4.69) is 5.32 Å². The number of para-hydroxylation sites is 1. The molecule has 1 rings (SSSR count). The van der Waals surface area contributed by atoms with Gasteiger partial charge in [-0.2, -0.15) is 5.26 Å². The third-order valence-electron chi connectivity index (χ3n) is 3.12. The maximum absolute atomic E-state index is 11.9. The topological polar surface area (TPSA) is 76.4 Å². The Labute approximate surface area is 113 Å². The molecule has 1 aromatic rings. The van der Waals surface area contributed by atoms with Crippen molar-refractivity contribution in [2.24, 2.45) is 0 Å². The predicted molar refractivity (Wildman–Crippen MR) is 73.6 cm³/mol. The normalized spacial score (nSPS) is 11.2. The summed E-state index contributed by atoms with van der Waals surface area (Å²) in [5.41, 5.74) is 0.469.